The normalized spacial score (nSPS) is 14.2. The van der Waals surface area contributed by atoms with E-state index in [-0.39, 0.29) is 0 Å². The van der Waals surface area contributed by atoms with E-state index in [1.807, 2.05) is 25.1 Å². The lowest BCUT2D eigenvalue weighted by Crippen LogP contribution is -2.24. The molecule has 1 atom stereocenters. The van der Waals surface area contributed by atoms with Gasteiger partial charge in [0.2, 0.25) is 0 Å². The van der Waals surface area contributed by atoms with Gasteiger partial charge < -0.3 is 5.11 Å². The lowest BCUT2D eigenvalue weighted by molar-refractivity contribution is 0.0575. The molecule has 2 aromatic carbocycles. The van der Waals surface area contributed by atoms with Crippen LogP contribution in [0.1, 0.15) is 29.2 Å². The topological polar surface area (TPSA) is 20.2 Å². The molecular formula is C17H20O. The number of rotatable bonds is 3. The molecule has 0 aliphatic heterocycles. The van der Waals surface area contributed by atoms with Gasteiger partial charge in [-0.1, -0.05) is 59.7 Å². The average Bonchev–Trinajstić information content (AvgIpc) is 2.28. The molecule has 0 aromatic heterocycles. The van der Waals surface area contributed by atoms with Crippen molar-refractivity contribution in [2.24, 2.45) is 0 Å². The van der Waals surface area contributed by atoms with E-state index in [2.05, 4.69) is 44.2 Å². The first-order valence-corrected chi connectivity index (χ1v) is 6.32. The fourth-order valence-electron chi connectivity index (χ4n) is 2.38. The zero-order valence-electron chi connectivity index (χ0n) is 11.3. The summed E-state index contributed by atoms with van der Waals surface area (Å²) in [5, 5.41) is 10.7. The number of aryl methyl sites for hydroxylation is 2. The Bertz CT molecular complexity index is 506. The van der Waals surface area contributed by atoms with Gasteiger partial charge in [0.1, 0.15) is 0 Å². The smallest absolute Gasteiger partial charge is 0.0908 e. The van der Waals surface area contributed by atoms with Crippen molar-refractivity contribution in [3.63, 3.8) is 0 Å². The Morgan fingerprint density at radius 1 is 0.944 bits per heavy atom. The summed E-state index contributed by atoms with van der Waals surface area (Å²) >= 11 is 0. The minimum absolute atomic E-state index is 0.636. The number of aliphatic hydroxyl groups is 1. The molecule has 18 heavy (non-hydrogen) atoms. The number of hydrogen-bond donors (Lipinski definition) is 1. The minimum Gasteiger partial charge on any atom is -0.385 e. The standard InChI is InChI=1S/C17H20O/c1-13-9-14(2)11-16(10-13)17(3,18)12-15-7-5-4-6-8-15/h4-11,18H,12H2,1-3H3. The second-order valence-corrected chi connectivity index (χ2v) is 5.31. The van der Waals surface area contributed by atoms with Crippen LogP contribution in [0.3, 0.4) is 0 Å². The van der Waals surface area contributed by atoms with E-state index in [1.54, 1.807) is 0 Å². The van der Waals surface area contributed by atoms with Gasteiger partial charge in [0.15, 0.2) is 0 Å². The highest BCUT2D eigenvalue weighted by Gasteiger charge is 2.23. The zero-order valence-corrected chi connectivity index (χ0v) is 11.3. The van der Waals surface area contributed by atoms with Gasteiger partial charge in [0.05, 0.1) is 5.60 Å². The Balaban J connectivity index is 2.30. The Labute approximate surface area is 109 Å². The summed E-state index contributed by atoms with van der Waals surface area (Å²) < 4.78 is 0. The first-order chi connectivity index (χ1) is 8.47. The van der Waals surface area contributed by atoms with Crippen LogP contribution in [0, 0.1) is 13.8 Å². The molecular weight excluding hydrogens is 220 g/mol. The summed E-state index contributed by atoms with van der Waals surface area (Å²) in [6.45, 7) is 6.01. The second-order valence-electron chi connectivity index (χ2n) is 5.31. The van der Waals surface area contributed by atoms with E-state index in [0.717, 1.165) is 11.1 Å². The van der Waals surface area contributed by atoms with E-state index in [4.69, 9.17) is 0 Å². The Morgan fingerprint density at radius 2 is 1.50 bits per heavy atom. The molecule has 1 unspecified atom stereocenters. The van der Waals surface area contributed by atoms with Gasteiger partial charge in [-0.05, 0) is 31.9 Å². The molecule has 0 fully saturated rings. The van der Waals surface area contributed by atoms with Crippen molar-refractivity contribution in [2.75, 3.05) is 0 Å². The molecule has 0 amide bonds. The van der Waals surface area contributed by atoms with Crippen molar-refractivity contribution in [1.82, 2.24) is 0 Å². The van der Waals surface area contributed by atoms with Crippen LogP contribution in [0.25, 0.3) is 0 Å². The maximum atomic E-state index is 10.7. The van der Waals surface area contributed by atoms with Crippen molar-refractivity contribution in [1.29, 1.82) is 0 Å². The van der Waals surface area contributed by atoms with Gasteiger partial charge in [0.25, 0.3) is 0 Å². The summed E-state index contributed by atoms with van der Waals surface area (Å²) in [6, 6.07) is 16.4. The van der Waals surface area contributed by atoms with Crippen LogP contribution in [0.15, 0.2) is 48.5 Å². The van der Waals surface area contributed by atoms with Crippen LogP contribution in [0.5, 0.6) is 0 Å². The molecule has 1 heteroatoms. The molecule has 94 valence electrons. The summed E-state index contributed by atoms with van der Waals surface area (Å²) in [5.41, 5.74) is 3.71. The van der Waals surface area contributed by atoms with Gasteiger partial charge >= 0.3 is 0 Å². The summed E-state index contributed by atoms with van der Waals surface area (Å²) in [4.78, 5) is 0. The predicted octanol–water partition coefficient (Wildman–Crippen LogP) is 3.75. The van der Waals surface area contributed by atoms with E-state index in [9.17, 15) is 5.11 Å². The monoisotopic (exact) mass is 240 g/mol. The zero-order chi connectivity index (χ0) is 13.2. The SMILES string of the molecule is Cc1cc(C)cc(C(C)(O)Cc2ccccc2)c1. The molecule has 0 radical (unpaired) electrons. The van der Waals surface area contributed by atoms with Crippen LogP contribution in [-0.2, 0) is 12.0 Å². The van der Waals surface area contributed by atoms with E-state index in [0.29, 0.717) is 6.42 Å². The maximum Gasteiger partial charge on any atom is 0.0908 e. The van der Waals surface area contributed by atoms with Crippen LogP contribution >= 0.6 is 0 Å². The van der Waals surface area contributed by atoms with Crippen LogP contribution in [0.4, 0.5) is 0 Å². The predicted molar refractivity (Wildman–Crippen MR) is 75.6 cm³/mol. The largest absolute Gasteiger partial charge is 0.385 e. The highest BCUT2D eigenvalue weighted by molar-refractivity contribution is 5.33. The number of benzene rings is 2. The highest BCUT2D eigenvalue weighted by atomic mass is 16.3. The maximum absolute atomic E-state index is 10.7. The van der Waals surface area contributed by atoms with Gasteiger partial charge in [-0.2, -0.15) is 0 Å². The van der Waals surface area contributed by atoms with Crippen molar-refractivity contribution in [3.05, 3.63) is 70.8 Å². The van der Waals surface area contributed by atoms with Crippen LogP contribution < -0.4 is 0 Å². The third-order valence-corrected chi connectivity index (χ3v) is 3.23. The fraction of sp³-hybridized carbons (Fsp3) is 0.294. The molecule has 0 heterocycles. The Kier molecular flexibility index (Phi) is 3.53. The Hall–Kier alpha value is -1.60. The quantitative estimate of drug-likeness (QED) is 0.866. The van der Waals surface area contributed by atoms with Gasteiger partial charge in [-0.3, -0.25) is 0 Å². The van der Waals surface area contributed by atoms with Crippen LogP contribution in [0.2, 0.25) is 0 Å². The highest BCUT2D eigenvalue weighted by Crippen LogP contribution is 2.26. The molecule has 1 nitrogen and oxygen atoms in total. The molecule has 1 N–H and O–H groups in total. The molecule has 2 rings (SSSR count). The first-order valence-electron chi connectivity index (χ1n) is 6.32. The fourth-order valence-corrected chi connectivity index (χ4v) is 2.38. The molecule has 2 aromatic rings. The van der Waals surface area contributed by atoms with Crippen molar-refractivity contribution < 1.29 is 5.11 Å². The number of hydrogen-bond acceptors (Lipinski definition) is 1. The summed E-state index contributed by atoms with van der Waals surface area (Å²) in [6.07, 6.45) is 0.636. The third-order valence-electron chi connectivity index (χ3n) is 3.23. The van der Waals surface area contributed by atoms with Crippen molar-refractivity contribution in [3.8, 4) is 0 Å². The molecule has 0 bridgehead atoms. The van der Waals surface area contributed by atoms with Gasteiger partial charge in [-0.25, -0.2) is 0 Å². The van der Waals surface area contributed by atoms with E-state index in [1.165, 1.54) is 11.1 Å². The lowest BCUT2D eigenvalue weighted by Gasteiger charge is -2.25. The molecule has 0 aliphatic rings. The van der Waals surface area contributed by atoms with E-state index < -0.39 is 5.60 Å². The molecule has 0 spiro atoms. The van der Waals surface area contributed by atoms with Crippen molar-refractivity contribution >= 4 is 0 Å². The molecule has 0 saturated carbocycles. The minimum atomic E-state index is -0.821. The molecule has 0 saturated heterocycles. The third kappa shape index (κ3) is 2.99. The van der Waals surface area contributed by atoms with Gasteiger partial charge in [-0.15, -0.1) is 0 Å². The van der Waals surface area contributed by atoms with Crippen molar-refractivity contribution in [2.45, 2.75) is 32.8 Å². The average molecular weight is 240 g/mol. The van der Waals surface area contributed by atoms with Crippen LogP contribution in [-0.4, -0.2) is 5.11 Å². The van der Waals surface area contributed by atoms with E-state index >= 15 is 0 Å². The first kappa shape index (κ1) is 12.8. The lowest BCUT2D eigenvalue weighted by atomic mass is 9.87. The summed E-state index contributed by atoms with van der Waals surface area (Å²) in [5.74, 6) is 0. The summed E-state index contributed by atoms with van der Waals surface area (Å²) in [7, 11) is 0. The molecule has 0 aliphatic carbocycles. The Morgan fingerprint density at radius 3 is 2.06 bits per heavy atom. The van der Waals surface area contributed by atoms with Gasteiger partial charge in [0, 0.05) is 6.42 Å². The second kappa shape index (κ2) is 4.95.